The second kappa shape index (κ2) is 5.93. The van der Waals surface area contributed by atoms with Crippen molar-refractivity contribution in [2.45, 2.75) is 26.3 Å². The SMILES string of the molecule is CC1=NN(Cc2c(F)cccc2F)C=C(CO)CC1. The van der Waals surface area contributed by atoms with E-state index in [-0.39, 0.29) is 18.7 Å². The van der Waals surface area contributed by atoms with E-state index < -0.39 is 11.6 Å². The summed E-state index contributed by atoms with van der Waals surface area (Å²) in [7, 11) is 0. The largest absolute Gasteiger partial charge is 0.392 e. The highest BCUT2D eigenvalue weighted by molar-refractivity contribution is 5.82. The van der Waals surface area contributed by atoms with Crippen molar-refractivity contribution >= 4 is 5.71 Å². The maximum Gasteiger partial charge on any atom is 0.131 e. The lowest BCUT2D eigenvalue weighted by Gasteiger charge is -2.16. The first kappa shape index (κ1) is 13.7. The minimum absolute atomic E-state index is 0.0132. The number of rotatable bonds is 3. The molecule has 5 heteroatoms. The molecule has 1 aliphatic rings. The molecule has 0 spiro atoms. The van der Waals surface area contributed by atoms with Crippen LogP contribution in [0, 0.1) is 11.6 Å². The van der Waals surface area contributed by atoms with Crippen LogP contribution in [0.5, 0.6) is 0 Å². The molecule has 0 aliphatic carbocycles. The van der Waals surface area contributed by atoms with Gasteiger partial charge in [-0.1, -0.05) is 6.07 Å². The Labute approximate surface area is 110 Å². The number of benzene rings is 1. The Morgan fingerprint density at radius 3 is 2.58 bits per heavy atom. The van der Waals surface area contributed by atoms with Gasteiger partial charge in [0.1, 0.15) is 11.6 Å². The average molecular weight is 266 g/mol. The lowest BCUT2D eigenvalue weighted by Crippen LogP contribution is -2.14. The molecular formula is C14H16F2N2O. The van der Waals surface area contributed by atoms with Crippen LogP contribution in [0.2, 0.25) is 0 Å². The van der Waals surface area contributed by atoms with Crippen molar-refractivity contribution in [2.75, 3.05) is 6.61 Å². The maximum absolute atomic E-state index is 13.6. The molecule has 2 rings (SSSR count). The molecule has 0 atom stereocenters. The van der Waals surface area contributed by atoms with Gasteiger partial charge >= 0.3 is 0 Å². The monoisotopic (exact) mass is 266 g/mol. The van der Waals surface area contributed by atoms with Crippen LogP contribution in [0.25, 0.3) is 0 Å². The number of aliphatic hydroxyl groups is 1. The Morgan fingerprint density at radius 1 is 1.26 bits per heavy atom. The average Bonchev–Trinajstić information content (AvgIpc) is 2.55. The molecule has 0 unspecified atom stereocenters. The minimum Gasteiger partial charge on any atom is -0.392 e. The second-order valence-corrected chi connectivity index (χ2v) is 4.58. The van der Waals surface area contributed by atoms with Gasteiger partial charge in [0.05, 0.1) is 13.2 Å². The van der Waals surface area contributed by atoms with Crippen LogP contribution in [-0.2, 0) is 6.54 Å². The first-order valence-electron chi connectivity index (χ1n) is 6.14. The van der Waals surface area contributed by atoms with Crippen LogP contribution in [0.15, 0.2) is 35.1 Å². The Morgan fingerprint density at radius 2 is 1.95 bits per heavy atom. The molecule has 1 aromatic carbocycles. The molecule has 1 heterocycles. The fraction of sp³-hybridized carbons (Fsp3) is 0.357. The first-order valence-corrected chi connectivity index (χ1v) is 6.14. The van der Waals surface area contributed by atoms with Gasteiger partial charge in [-0.2, -0.15) is 5.10 Å². The molecule has 0 aromatic heterocycles. The summed E-state index contributed by atoms with van der Waals surface area (Å²) >= 11 is 0. The van der Waals surface area contributed by atoms with E-state index in [0.717, 1.165) is 17.7 Å². The van der Waals surface area contributed by atoms with Crippen molar-refractivity contribution in [2.24, 2.45) is 5.10 Å². The molecule has 102 valence electrons. The van der Waals surface area contributed by atoms with Gasteiger partial charge in [0.15, 0.2) is 0 Å². The van der Waals surface area contributed by atoms with E-state index in [2.05, 4.69) is 5.10 Å². The van der Waals surface area contributed by atoms with Crippen LogP contribution < -0.4 is 0 Å². The number of hydrogen-bond donors (Lipinski definition) is 1. The lowest BCUT2D eigenvalue weighted by atomic mass is 10.1. The number of nitrogens with zero attached hydrogens (tertiary/aromatic N) is 2. The fourth-order valence-electron chi connectivity index (χ4n) is 1.96. The van der Waals surface area contributed by atoms with E-state index in [1.165, 1.54) is 23.2 Å². The summed E-state index contributed by atoms with van der Waals surface area (Å²) in [5.74, 6) is -1.17. The number of aliphatic hydroxyl groups excluding tert-OH is 1. The third kappa shape index (κ3) is 3.38. The van der Waals surface area contributed by atoms with E-state index in [4.69, 9.17) is 0 Å². The van der Waals surface area contributed by atoms with Gasteiger partial charge in [0.2, 0.25) is 0 Å². The summed E-state index contributed by atoms with van der Waals surface area (Å²) < 4.78 is 27.2. The van der Waals surface area contributed by atoms with Crippen molar-refractivity contribution in [3.8, 4) is 0 Å². The molecule has 19 heavy (non-hydrogen) atoms. The highest BCUT2D eigenvalue weighted by Gasteiger charge is 2.14. The summed E-state index contributed by atoms with van der Waals surface area (Å²) in [6.07, 6.45) is 3.10. The lowest BCUT2D eigenvalue weighted by molar-refractivity contribution is 0.316. The molecule has 1 N–H and O–H groups in total. The third-order valence-corrected chi connectivity index (χ3v) is 3.02. The van der Waals surface area contributed by atoms with E-state index in [1.807, 2.05) is 6.92 Å². The highest BCUT2D eigenvalue weighted by atomic mass is 19.1. The van der Waals surface area contributed by atoms with Gasteiger partial charge in [-0.25, -0.2) is 8.78 Å². The van der Waals surface area contributed by atoms with Gasteiger partial charge in [-0.05, 0) is 37.5 Å². The predicted octanol–water partition coefficient (Wildman–Crippen LogP) is 2.81. The molecule has 0 amide bonds. The highest BCUT2D eigenvalue weighted by Crippen LogP contribution is 2.19. The second-order valence-electron chi connectivity index (χ2n) is 4.58. The zero-order valence-corrected chi connectivity index (χ0v) is 10.7. The molecule has 0 saturated heterocycles. The summed E-state index contributed by atoms with van der Waals surface area (Å²) in [6, 6.07) is 3.78. The van der Waals surface area contributed by atoms with Crippen LogP contribution in [-0.4, -0.2) is 22.4 Å². The minimum atomic E-state index is -0.587. The zero-order chi connectivity index (χ0) is 13.8. The molecule has 0 radical (unpaired) electrons. The van der Waals surface area contributed by atoms with Gasteiger partial charge in [-0.15, -0.1) is 0 Å². The zero-order valence-electron chi connectivity index (χ0n) is 10.7. The smallest absolute Gasteiger partial charge is 0.131 e. The Balaban J connectivity index is 2.27. The van der Waals surface area contributed by atoms with Crippen LogP contribution >= 0.6 is 0 Å². The maximum atomic E-state index is 13.6. The summed E-state index contributed by atoms with van der Waals surface area (Å²) in [5.41, 5.74) is 1.66. The van der Waals surface area contributed by atoms with Crippen molar-refractivity contribution in [3.05, 3.63) is 47.2 Å². The number of halogens is 2. The molecule has 0 fully saturated rings. The normalized spacial score (nSPS) is 15.9. The first-order chi connectivity index (χ1) is 9.10. The standard InChI is InChI=1S/C14H16F2N2O/c1-10-5-6-11(9-19)7-18(17-10)8-12-13(15)3-2-4-14(12)16/h2-4,7,19H,5-6,8-9H2,1H3. The van der Waals surface area contributed by atoms with Crippen LogP contribution in [0.3, 0.4) is 0 Å². The van der Waals surface area contributed by atoms with Gasteiger partial charge in [0.25, 0.3) is 0 Å². The molecule has 0 bridgehead atoms. The van der Waals surface area contributed by atoms with Crippen molar-refractivity contribution in [1.82, 2.24) is 5.01 Å². The quantitative estimate of drug-likeness (QED) is 0.913. The van der Waals surface area contributed by atoms with E-state index in [1.54, 1.807) is 6.20 Å². The number of hydrogen-bond acceptors (Lipinski definition) is 3. The third-order valence-electron chi connectivity index (χ3n) is 3.02. The predicted molar refractivity (Wildman–Crippen MR) is 69.4 cm³/mol. The summed E-state index contributed by atoms with van der Waals surface area (Å²) in [5, 5.41) is 15.0. The van der Waals surface area contributed by atoms with Crippen molar-refractivity contribution in [1.29, 1.82) is 0 Å². The fourth-order valence-corrected chi connectivity index (χ4v) is 1.96. The summed E-state index contributed by atoms with van der Waals surface area (Å²) in [6.45, 7) is 1.80. The van der Waals surface area contributed by atoms with Gasteiger partial charge in [0, 0.05) is 17.5 Å². The van der Waals surface area contributed by atoms with Crippen LogP contribution in [0.1, 0.15) is 25.3 Å². The Bertz CT molecular complexity index is 506. The Hall–Kier alpha value is -1.75. The van der Waals surface area contributed by atoms with Gasteiger partial charge < -0.3 is 5.11 Å². The topological polar surface area (TPSA) is 35.8 Å². The molecule has 1 aliphatic heterocycles. The Kier molecular flexibility index (Phi) is 4.27. The molecule has 0 saturated carbocycles. The van der Waals surface area contributed by atoms with Gasteiger partial charge in [-0.3, -0.25) is 5.01 Å². The van der Waals surface area contributed by atoms with Crippen molar-refractivity contribution in [3.63, 3.8) is 0 Å². The molecular weight excluding hydrogens is 250 g/mol. The van der Waals surface area contributed by atoms with Crippen LogP contribution in [0.4, 0.5) is 8.78 Å². The van der Waals surface area contributed by atoms with E-state index in [9.17, 15) is 13.9 Å². The molecule has 3 nitrogen and oxygen atoms in total. The van der Waals surface area contributed by atoms with Crippen molar-refractivity contribution < 1.29 is 13.9 Å². The van der Waals surface area contributed by atoms with E-state index >= 15 is 0 Å². The van der Waals surface area contributed by atoms with E-state index in [0.29, 0.717) is 6.42 Å². The molecule has 1 aromatic rings. The summed E-state index contributed by atoms with van der Waals surface area (Å²) in [4.78, 5) is 0. The number of hydrazone groups is 1.